The molecule has 4 aromatic carbocycles. The average Bonchev–Trinajstić information content (AvgIpc) is 3.26. The molecule has 202 valence electrons. The third-order valence-electron chi connectivity index (χ3n) is 6.61. The molecule has 6 heteroatoms. The van der Waals surface area contributed by atoms with Crippen LogP contribution in [-0.4, -0.2) is 19.2 Å². The molecule has 0 aliphatic heterocycles. The second kappa shape index (κ2) is 12.4. The van der Waals surface area contributed by atoms with Crippen LogP contribution in [0.4, 0.5) is 0 Å². The van der Waals surface area contributed by atoms with Crippen molar-refractivity contribution in [2.75, 3.05) is 13.2 Å². The molecule has 0 spiro atoms. The van der Waals surface area contributed by atoms with E-state index in [1.165, 1.54) is 0 Å². The lowest BCUT2D eigenvalue weighted by Crippen LogP contribution is -2.08. The van der Waals surface area contributed by atoms with Gasteiger partial charge in [0.25, 0.3) is 0 Å². The van der Waals surface area contributed by atoms with E-state index in [2.05, 4.69) is 20.1 Å². The Balaban J connectivity index is 1.20. The molecule has 0 heterocycles. The quantitative estimate of drug-likeness (QED) is 0.0611. The molecule has 0 saturated carbocycles. The number of rotatable bonds is 12. The Bertz CT molecular complexity index is 1500. The minimum Gasteiger partial charge on any atom is -0.490 e. The zero-order valence-electron chi connectivity index (χ0n) is 22.3. The molecule has 0 fully saturated rings. The van der Waals surface area contributed by atoms with Gasteiger partial charge in [0, 0.05) is 5.92 Å². The van der Waals surface area contributed by atoms with Gasteiger partial charge in [-0.05, 0) is 88.5 Å². The minimum absolute atomic E-state index is 0.0941. The van der Waals surface area contributed by atoms with Crippen LogP contribution in [0.5, 0.6) is 23.0 Å². The zero-order valence-corrected chi connectivity index (χ0v) is 22.3. The number of hydrogen-bond acceptors (Lipinski definition) is 6. The summed E-state index contributed by atoms with van der Waals surface area (Å²) in [4.78, 5) is 23.8. The number of benzene rings is 4. The van der Waals surface area contributed by atoms with Crippen LogP contribution in [0.3, 0.4) is 0 Å². The van der Waals surface area contributed by atoms with Gasteiger partial charge < -0.3 is 19.1 Å². The second-order valence-corrected chi connectivity index (χ2v) is 9.32. The van der Waals surface area contributed by atoms with Gasteiger partial charge in [0.05, 0.1) is 5.56 Å². The van der Waals surface area contributed by atoms with Crippen LogP contribution in [-0.2, 0) is 11.5 Å². The van der Waals surface area contributed by atoms with Gasteiger partial charge in [0.2, 0.25) is 0 Å². The fourth-order valence-electron chi connectivity index (χ4n) is 4.58. The van der Waals surface area contributed by atoms with Gasteiger partial charge in [-0.1, -0.05) is 56.5 Å². The second-order valence-electron chi connectivity index (χ2n) is 9.32. The first-order chi connectivity index (χ1) is 19.6. The van der Waals surface area contributed by atoms with E-state index in [-0.39, 0.29) is 5.92 Å². The van der Waals surface area contributed by atoms with E-state index in [1.807, 2.05) is 60.7 Å². The normalized spacial score (nSPS) is 13.1. The van der Waals surface area contributed by atoms with E-state index in [4.69, 9.17) is 24.0 Å². The summed E-state index contributed by atoms with van der Waals surface area (Å²) in [6.45, 7) is 10.6. The fourth-order valence-corrected chi connectivity index (χ4v) is 4.58. The Hall–Kier alpha value is -4.81. The molecule has 0 bridgehead atoms. The van der Waals surface area contributed by atoms with Crippen LogP contribution in [0.1, 0.15) is 39.9 Å². The molecule has 0 amide bonds. The summed E-state index contributed by atoms with van der Waals surface area (Å²) in [5.74, 6) is 2.23. The molecular weight excluding hydrogens is 504 g/mol. The lowest BCUT2D eigenvalue weighted by molar-refractivity contribution is -0.217. The highest BCUT2D eigenvalue weighted by Gasteiger charge is 2.27. The van der Waals surface area contributed by atoms with Crippen molar-refractivity contribution in [1.29, 1.82) is 0 Å². The van der Waals surface area contributed by atoms with Gasteiger partial charge in [-0.2, -0.15) is 4.89 Å². The van der Waals surface area contributed by atoms with Crippen LogP contribution >= 0.6 is 0 Å². The summed E-state index contributed by atoms with van der Waals surface area (Å²) < 4.78 is 16.7. The van der Waals surface area contributed by atoms with Gasteiger partial charge in [0.1, 0.15) is 37.1 Å². The number of hydrogen-bond donors (Lipinski definition) is 0. The largest absolute Gasteiger partial charge is 0.490 e. The molecule has 0 radical (unpaired) electrons. The molecule has 1 unspecified atom stereocenters. The Morgan fingerprint density at radius 1 is 0.725 bits per heavy atom. The minimum atomic E-state index is -0.426. The summed E-state index contributed by atoms with van der Waals surface area (Å²) in [6, 6.07) is 26.1. The van der Waals surface area contributed by atoms with Crippen molar-refractivity contribution in [3.8, 4) is 34.1 Å². The Kier molecular flexibility index (Phi) is 8.28. The third kappa shape index (κ3) is 6.08. The third-order valence-corrected chi connectivity index (χ3v) is 6.61. The Labute approximate surface area is 234 Å². The molecule has 1 aliphatic rings. The summed E-state index contributed by atoms with van der Waals surface area (Å²) in [5.41, 5.74) is 5.85. The van der Waals surface area contributed by atoms with Crippen molar-refractivity contribution in [3.05, 3.63) is 132 Å². The monoisotopic (exact) mass is 534 g/mol. The average molecular weight is 535 g/mol. The molecule has 0 aromatic heterocycles. The maximum absolute atomic E-state index is 12.7. The zero-order chi connectivity index (χ0) is 27.9. The molecule has 6 nitrogen and oxygen atoms in total. The first kappa shape index (κ1) is 26.8. The van der Waals surface area contributed by atoms with E-state index < -0.39 is 5.97 Å². The maximum Gasteiger partial charge on any atom is 0.343 e. The summed E-state index contributed by atoms with van der Waals surface area (Å²) in [6.07, 6.45) is 3.37. The molecule has 4 aromatic rings. The van der Waals surface area contributed by atoms with Crippen LogP contribution in [0.25, 0.3) is 11.1 Å². The highest BCUT2D eigenvalue weighted by atomic mass is 17.2. The van der Waals surface area contributed by atoms with Crippen LogP contribution in [0, 0.1) is 0 Å². The SMILES string of the molecule is C=CCOc1ccc(COOc2ccc3c(c2)C(C)c2cc(OC(=O)c4ccc(OCC=C)cc4)ccc2-3)cc1. The highest BCUT2D eigenvalue weighted by molar-refractivity contribution is 5.91. The number of ether oxygens (including phenoxy) is 3. The number of esters is 1. The highest BCUT2D eigenvalue weighted by Crippen LogP contribution is 2.47. The first-order valence-corrected chi connectivity index (χ1v) is 13.0. The number of carbonyl (C=O) groups excluding carboxylic acids is 1. The van der Waals surface area contributed by atoms with E-state index in [0.717, 1.165) is 33.6 Å². The Morgan fingerprint density at radius 2 is 1.25 bits per heavy atom. The molecule has 5 rings (SSSR count). The lowest BCUT2D eigenvalue weighted by atomic mass is 9.99. The van der Waals surface area contributed by atoms with Gasteiger partial charge in [-0.3, -0.25) is 0 Å². The van der Waals surface area contributed by atoms with Crippen molar-refractivity contribution in [3.63, 3.8) is 0 Å². The summed E-state index contributed by atoms with van der Waals surface area (Å²) in [5, 5.41) is 0. The van der Waals surface area contributed by atoms with Crippen molar-refractivity contribution >= 4 is 5.97 Å². The molecule has 1 atom stereocenters. The van der Waals surface area contributed by atoms with Gasteiger partial charge in [0.15, 0.2) is 5.75 Å². The number of carbonyl (C=O) groups is 1. The first-order valence-electron chi connectivity index (χ1n) is 13.0. The van der Waals surface area contributed by atoms with Crippen LogP contribution < -0.4 is 19.1 Å². The van der Waals surface area contributed by atoms with E-state index in [9.17, 15) is 4.79 Å². The molecular formula is C34H30O6. The lowest BCUT2D eigenvalue weighted by Gasteiger charge is -2.10. The van der Waals surface area contributed by atoms with Gasteiger partial charge in [-0.25, -0.2) is 4.79 Å². The standard InChI is InChI=1S/C34H30O6/c1-4-18-36-26-10-6-24(7-11-26)22-38-40-29-15-17-31-30-16-14-28(20-32(30)23(3)33(31)21-29)39-34(35)25-8-12-27(13-9-25)37-19-5-2/h4-17,20-21,23H,1-2,18-19,22H2,3H3. The van der Waals surface area contributed by atoms with Crippen LogP contribution in [0.2, 0.25) is 0 Å². The van der Waals surface area contributed by atoms with Crippen molar-refractivity contribution in [2.45, 2.75) is 19.4 Å². The van der Waals surface area contributed by atoms with E-state index in [1.54, 1.807) is 36.4 Å². The topological polar surface area (TPSA) is 63.2 Å². The van der Waals surface area contributed by atoms with E-state index in [0.29, 0.717) is 42.6 Å². The molecule has 40 heavy (non-hydrogen) atoms. The molecule has 0 N–H and O–H groups in total. The molecule has 0 saturated heterocycles. The van der Waals surface area contributed by atoms with Crippen molar-refractivity contribution < 1.29 is 28.8 Å². The fraction of sp³-hybridized carbons (Fsp3) is 0.147. The summed E-state index contributed by atoms with van der Waals surface area (Å²) in [7, 11) is 0. The predicted molar refractivity (Wildman–Crippen MR) is 154 cm³/mol. The summed E-state index contributed by atoms with van der Waals surface area (Å²) >= 11 is 0. The Morgan fingerprint density at radius 3 is 1.85 bits per heavy atom. The molecule has 1 aliphatic carbocycles. The number of fused-ring (bicyclic) bond motifs is 3. The van der Waals surface area contributed by atoms with E-state index >= 15 is 0 Å². The predicted octanol–water partition coefficient (Wildman–Crippen LogP) is 7.68. The maximum atomic E-state index is 12.7. The smallest absolute Gasteiger partial charge is 0.343 e. The van der Waals surface area contributed by atoms with Gasteiger partial charge in [-0.15, -0.1) is 0 Å². The van der Waals surface area contributed by atoms with Crippen molar-refractivity contribution in [1.82, 2.24) is 0 Å². The van der Waals surface area contributed by atoms with Gasteiger partial charge >= 0.3 is 5.97 Å². The van der Waals surface area contributed by atoms with Crippen LogP contribution in [0.15, 0.2) is 110 Å². The van der Waals surface area contributed by atoms with Crippen molar-refractivity contribution in [2.24, 2.45) is 0 Å².